The first-order valence-electron chi connectivity index (χ1n) is 6.45. The van der Waals surface area contributed by atoms with Crippen LogP contribution < -0.4 is 5.32 Å². The number of anilines is 1. The SMILES string of the molecule is CCCCOC(=O)/C=C/c1ccc(Cl)cc1NC(C)=O. The van der Waals surface area contributed by atoms with Crippen molar-refractivity contribution in [2.24, 2.45) is 0 Å². The van der Waals surface area contributed by atoms with Crippen molar-refractivity contribution in [1.82, 2.24) is 0 Å². The van der Waals surface area contributed by atoms with Gasteiger partial charge in [0.15, 0.2) is 0 Å². The summed E-state index contributed by atoms with van der Waals surface area (Å²) in [6, 6.07) is 5.05. The van der Waals surface area contributed by atoms with Crippen LogP contribution in [0.1, 0.15) is 32.3 Å². The fourth-order valence-corrected chi connectivity index (χ4v) is 1.67. The number of carbonyl (C=O) groups excluding carboxylic acids is 2. The molecule has 0 aromatic heterocycles. The Kier molecular flexibility index (Phi) is 6.81. The van der Waals surface area contributed by atoms with E-state index in [0.29, 0.717) is 22.9 Å². The monoisotopic (exact) mass is 295 g/mol. The highest BCUT2D eigenvalue weighted by Crippen LogP contribution is 2.22. The van der Waals surface area contributed by atoms with E-state index in [4.69, 9.17) is 16.3 Å². The minimum Gasteiger partial charge on any atom is -0.463 e. The second kappa shape index (κ2) is 8.38. The van der Waals surface area contributed by atoms with Gasteiger partial charge in [-0.3, -0.25) is 4.79 Å². The van der Waals surface area contributed by atoms with Gasteiger partial charge in [-0.25, -0.2) is 4.79 Å². The largest absolute Gasteiger partial charge is 0.463 e. The fourth-order valence-electron chi connectivity index (χ4n) is 1.49. The average Bonchev–Trinajstić information content (AvgIpc) is 2.37. The lowest BCUT2D eigenvalue weighted by Gasteiger charge is -2.07. The molecule has 0 radical (unpaired) electrons. The molecule has 4 nitrogen and oxygen atoms in total. The molecule has 20 heavy (non-hydrogen) atoms. The second-order valence-corrected chi connectivity index (χ2v) is 4.70. The van der Waals surface area contributed by atoms with E-state index < -0.39 is 5.97 Å². The molecule has 1 aromatic carbocycles. The van der Waals surface area contributed by atoms with Gasteiger partial charge in [0.25, 0.3) is 0 Å². The Labute approximate surface area is 123 Å². The Morgan fingerprint density at radius 2 is 2.15 bits per heavy atom. The van der Waals surface area contributed by atoms with Crippen molar-refractivity contribution in [2.75, 3.05) is 11.9 Å². The molecule has 0 atom stereocenters. The van der Waals surface area contributed by atoms with Crippen molar-refractivity contribution in [1.29, 1.82) is 0 Å². The molecule has 0 aliphatic heterocycles. The molecule has 0 bridgehead atoms. The minimum atomic E-state index is -0.401. The summed E-state index contributed by atoms with van der Waals surface area (Å²) in [4.78, 5) is 22.6. The van der Waals surface area contributed by atoms with Crippen LogP contribution in [0.5, 0.6) is 0 Å². The van der Waals surface area contributed by atoms with Crippen molar-refractivity contribution in [3.63, 3.8) is 0 Å². The van der Waals surface area contributed by atoms with Crippen LogP contribution >= 0.6 is 11.6 Å². The molecule has 0 heterocycles. The van der Waals surface area contributed by atoms with E-state index in [9.17, 15) is 9.59 Å². The molecule has 1 rings (SSSR count). The van der Waals surface area contributed by atoms with Crippen LogP contribution in [-0.4, -0.2) is 18.5 Å². The molecule has 1 aromatic rings. The molecule has 0 aliphatic carbocycles. The highest BCUT2D eigenvalue weighted by atomic mass is 35.5. The highest BCUT2D eigenvalue weighted by Gasteiger charge is 2.04. The number of halogens is 1. The number of amides is 1. The van der Waals surface area contributed by atoms with Crippen LogP contribution in [0.25, 0.3) is 6.08 Å². The van der Waals surface area contributed by atoms with Gasteiger partial charge in [0.05, 0.1) is 6.61 Å². The summed E-state index contributed by atoms with van der Waals surface area (Å²) >= 11 is 5.88. The maximum atomic E-state index is 11.5. The van der Waals surface area contributed by atoms with Gasteiger partial charge in [-0.1, -0.05) is 31.0 Å². The fraction of sp³-hybridized carbons (Fsp3) is 0.333. The van der Waals surface area contributed by atoms with E-state index in [1.807, 2.05) is 6.92 Å². The topological polar surface area (TPSA) is 55.4 Å². The van der Waals surface area contributed by atoms with E-state index in [1.165, 1.54) is 13.0 Å². The van der Waals surface area contributed by atoms with Crippen molar-refractivity contribution in [3.8, 4) is 0 Å². The third-order valence-electron chi connectivity index (χ3n) is 2.47. The van der Waals surface area contributed by atoms with Crippen LogP contribution in [0.15, 0.2) is 24.3 Å². The lowest BCUT2D eigenvalue weighted by Crippen LogP contribution is -2.07. The average molecular weight is 296 g/mol. The van der Waals surface area contributed by atoms with Crippen LogP contribution in [-0.2, 0) is 14.3 Å². The highest BCUT2D eigenvalue weighted by molar-refractivity contribution is 6.31. The van der Waals surface area contributed by atoms with E-state index in [2.05, 4.69) is 5.32 Å². The van der Waals surface area contributed by atoms with E-state index in [-0.39, 0.29) is 5.91 Å². The van der Waals surface area contributed by atoms with E-state index >= 15 is 0 Å². The van der Waals surface area contributed by atoms with Crippen LogP contribution in [0.4, 0.5) is 5.69 Å². The van der Waals surface area contributed by atoms with Gasteiger partial charge in [-0.15, -0.1) is 0 Å². The maximum absolute atomic E-state index is 11.5. The molecule has 0 saturated heterocycles. The number of rotatable bonds is 6. The van der Waals surface area contributed by atoms with Gasteiger partial charge in [0.2, 0.25) is 5.91 Å². The number of nitrogens with one attached hydrogen (secondary N) is 1. The standard InChI is InChI=1S/C15H18ClNO3/c1-3-4-9-20-15(19)8-6-12-5-7-13(16)10-14(12)17-11(2)18/h5-8,10H,3-4,9H2,1-2H3,(H,17,18)/b8-6+. The molecule has 1 amide bonds. The van der Waals surface area contributed by atoms with Gasteiger partial charge in [0, 0.05) is 23.7 Å². The number of hydrogen-bond acceptors (Lipinski definition) is 3. The Hall–Kier alpha value is -1.81. The smallest absolute Gasteiger partial charge is 0.330 e. The van der Waals surface area contributed by atoms with Gasteiger partial charge >= 0.3 is 5.97 Å². The number of esters is 1. The normalized spacial score (nSPS) is 10.6. The van der Waals surface area contributed by atoms with Crippen molar-refractivity contribution >= 4 is 35.2 Å². The predicted molar refractivity (Wildman–Crippen MR) is 80.7 cm³/mol. The van der Waals surface area contributed by atoms with Crippen molar-refractivity contribution in [2.45, 2.75) is 26.7 Å². The number of ether oxygens (including phenoxy) is 1. The maximum Gasteiger partial charge on any atom is 0.330 e. The molecule has 1 N–H and O–H groups in total. The summed E-state index contributed by atoms with van der Waals surface area (Å²) in [5.41, 5.74) is 1.25. The van der Waals surface area contributed by atoms with Crippen LogP contribution in [0.2, 0.25) is 5.02 Å². The van der Waals surface area contributed by atoms with Crippen molar-refractivity contribution in [3.05, 3.63) is 34.9 Å². The summed E-state index contributed by atoms with van der Waals surface area (Å²) < 4.78 is 5.01. The van der Waals surface area contributed by atoms with Gasteiger partial charge in [-0.05, 0) is 30.2 Å². The van der Waals surface area contributed by atoms with Crippen LogP contribution in [0.3, 0.4) is 0 Å². The molecular weight excluding hydrogens is 278 g/mol. The molecule has 0 fully saturated rings. The number of benzene rings is 1. The number of unbranched alkanes of at least 4 members (excludes halogenated alkanes) is 1. The molecule has 108 valence electrons. The molecular formula is C15H18ClNO3. The van der Waals surface area contributed by atoms with Gasteiger partial charge in [0.1, 0.15) is 0 Å². The zero-order valence-corrected chi connectivity index (χ0v) is 12.4. The molecule has 5 heteroatoms. The van der Waals surface area contributed by atoms with Gasteiger partial charge < -0.3 is 10.1 Å². The Morgan fingerprint density at radius 3 is 2.80 bits per heavy atom. The zero-order chi connectivity index (χ0) is 15.0. The van der Waals surface area contributed by atoms with Crippen molar-refractivity contribution < 1.29 is 14.3 Å². The minimum absolute atomic E-state index is 0.201. The van der Waals surface area contributed by atoms with Gasteiger partial charge in [-0.2, -0.15) is 0 Å². The third kappa shape index (κ3) is 5.89. The molecule has 0 aliphatic rings. The first kappa shape index (κ1) is 16.2. The summed E-state index contributed by atoms with van der Waals surface area (Å²) in [6.07, 6.45) is 4.75. The number of hydrogen-bond donors (Lipinski definition) is 1. The second-order valence-electron chi connectivity index (χ2n) is 4.27. The van der Waals surface area contributed by atoms with Crippen LogP contribution in [0, 0.1) is 0 Å². The summed E-state index contributed by atoms with van der Waals surface area (Å²) in [5.74, 6) is -0.602. The summed E-state index contributed by atoms with van der Waals surface area (Å²) in [5, 5.41) is 3.17. The molecule has 0 unspecified atom stereocenters. The third-order valence-corrected chi connectivity index (χ3v) is 2.70. The lowest BCUT2D eigenvalue weighted by atomic mass is 10.1. The molecule has 0 saturated carbocycles. The van der Waals surface area contributed by atoms with E-state index in [1.54, 1.807) is 24.3 Å². The first-order valence-corrected chi connectivity index (χ1v) is 6.82. The summed E-state index contributed by atoms with van der Waals surface area (Å²) in [6.45, 7) is 3.85. The zero-order valence-electron chi connectivity index (χ0n) is 11.6. The Bertz CT molecular complexity index is 512. The Morgan fingerprint density at radius 1 is 1.40 bits per heavy atom. The lowest BCUT2D eigenvalue weighted by molar-refractivity contribution is -0.137. The molecule has 0 spiro atoms. The van der Waals surface area contributed by atoms with E-state index in [0.717, 1.165) is 12.8 Å². The number of carbonyl (C=O) groups is 2. The quantitative estimate of drug-likeness (QED) is 0.495. The Balaban J connectivity index is 2.75. The predicted octanol–water partition coefficient (Wildman–Crippen LogP) is 3.65. The summed E-state index contributed by atoms with van der Waals surface area (Å²) in [7, 11) is 0. The first-order chi connectivity index (χ1) is 9.52.